The van der Waals surface area contributed by atoms with Crippen LogP contribution in [0.5, 0.6) is 0 Å². The van der Waals surface area contributed by atoms with Crippen LogP contribution in [-0.4, -0.2) is 19.1 Å². The molecule has 0 fully saturated rings. The molecular weight excluding hydrogens is 366 g/mol. The molecule has 0 bridgehead atoms. The average molecular weight is 393 g/mol. The number of carbonyl (C=O) groups is 1. The first-order valence-corrected chi connectivity index (χ1v) is 10.6. The van der Waals surface area contributed by atoms with Crippen LogP contribution in [0.3, 0.4) is 0 Å². The van der Waals surface area contributed by atoms with Crippen LogP contribution in [-0.2, 0) is 13.0 Å². The summed E-state index contributed by atoms with van der Waals surface area (Å²) >= 11 is 1.77. The van der Waals surface area contributed by atoms with Gasteiger partial charge < -0.3 is 15.5 Å². The van der Waals surface area contributed by atoms with E-state index >= 15 is 0 Å². The highest BCUT2D eigenvalue weighted by molar-refractivity contribution is 7.10. The van der Waals surface area contributed by atoms with Crippen LogP contribution in [0.15, 0.2) is 66.0 Å². The second-order valence-corrected chi connectivity index (χ2v) is 8.36. The zero-order valence-electron chi connectivity index (χ0n) is 16.1. The van der Waals surface area contributed by atoms with Gasteiger partial charge in [-0.1, -0.05) is 42.5 Å². The summed E-state index contributed by atoms with van der Waals surface area (Å²) in [4.78, 5) is 15.3. The maximum Gasteiger partial charge on any atom is 0.319 e. The lowest BCUT2D eigenvalue weighted by molar-refractivity contribution is -0.945. The molecule has 2 amide bonds. The summed E-state index contributed by atoms with van der Waals surface area (Å²) in [7, 11) is 0. The fraction of sp³-hybridized carbons (Fsp3) is 0.261. The Hall–Kier alpha value is -2.63. The van der Waals surface area contributed by atoms with E-state index in [4.69, 9.17) is 0 Å². The van der Waals surface area contributed by atoms with Gasteiger partial charge in [-0.25, -0.2) is 4.79 Å². The van der Waals surface area contributed by atoms with Crippen molar-refractivity contribution in [3.8, 4) is 0 Å². The van der Waals surface area contributed by atoms with Gasteiger partial charge >= 0.3 is 6.03 Å². The molecule has 0 aliphatic carbocycles. The van der Waals surface area contributed by atoms with E-state index in [1.54, 1.807) is 11.3 Å². The zero-order valence-corrected chi connectivity index (χ0v) is 16.9. The number of urea groups is 1. The first-order valence-electron chi connectivity index (χ1n) is 9.75. The van der Waals surface area contributed by atoms with Crippen LogP contribution in [0, 0.1) is 6.92 Å². The third-order valence-corrected chi connectivity index (χ3v) is 6.36. The van der Waals surface area contributed by atoms with Crippen LogP contribution in [0.2, 0.25) is 0 Å². The van der Waals surface area contributed by atoms with Crippen molar-refractivity contribution in [1.82, 2.24) is 5.32 Å². The van der Waals surface area contributed by atoms with Gasteiger partial charge in [0.25, 0.3) is 0 Å². The van der Waals surface area contributed by atoms with Crippen LogP contribution in [0.4, 0.5) is 10.5 Å². The van der Waals surface area contributed by atoms with Gasteiger partial charge in [-0.15, -0.1) is 11.3 Å². The molecule has 2 atom stereocenters. The van der Waals surface area contributed by atoms with E-state index in [9.17, 15) is 4.79 Å². The molecule has 3 N–H and O–H groups in total. The predicted octanol–water partition coefficient (Wildman–Crippen LogP) is 3.56. The zero-order chi connectivity index (χ0) is 19.3. The Morgan fingerprint density at radius 1 is 1.11 bits per heavy atom. The topological polar surface area (TPSA) is 45.6 Å². The maximum absolute atomic E-state index is 12.5. The third kappa shape index (κ3) is 4.43. The van der Waals surface area contributed by atoms with Gasteiger partial charge in [-0.3, -0.25) is 0 Å². The minimum absolute atomic E-state index is 0.149. The molecule has 1 aliphatic rings. The van der Waals surface area contributed by atoms with Crippen molar-refractivity contribution in [3.05, 3.63) is 87.6 Å². The number of aryl methyl sites for hydroxylation is 1. The second-order valence-electron chi connectivity index (χ2n) is 7.38. The molecule has 3 aromatic rings. The van der Waals surface area contributed by atoms with Crippen molar-refractivity contribution in [2.45, 2.75) is 25.9 Å². The molecule has 28 heavy (non-hydrogen) atoms. The summed E-state index contributed by atoms with van der Waals surface area (Å²) < 4.78 is 0. The van der Waals surface area contributed by atoms with Crippen LogP contribution >= 0.6 is 11.3 Å². The lowest BCUT2D eigenvalue weighted by Crippen LogP contribution is -3.12. The number of hydrogen-bond acceptors (Lipinski definition) is 2. The van der Waals surface area contributed by atoms with Crippen molar-refractivity contribution in [2.75, 3.05) is 18.4 Å². The average Bonchev–Trinajstić information content (AvgIpc) is 3.22. The minimum atomic E-state index is -0.149. The van der Waals surface area contributed by atoms with Crippen molar-refractivity contribution in [1.29, 1.82) is 0 Å². The van der Waals surface area contributed by atoms with E-state index in [1.807, 2.05) is 31.2 Å². The number of anilines is 1. The molecule has 144 valence electrons. The summed E-state index contributed by atoms with van der Waals surface area (Å²) in [5.41, 5.74) is 4.84. The Balaban J connectivity index is 1.43. The molecule has 0 saturated carbocycles. The molecule has 1 aromatic heterocycles. The lowest BCUT2D eigenvalue weighted by Gasteiger charge is -2.32. The molecule has 0 saturated heterocycles. The Morgan fingerprint density at radius 3 is 2.75 bits per heavy atom. The molecule has 1 aliphatic heterocycles. The fourth-order valence-electron chi connectivity index (χ4n) is 3.93. The summed E-state index contributed by atoms with van der Waals surface area (Å²) in [6.07, 6.45) is 1.09. The number of hydrogen-bond donors (Lipinski definition) is 3. The summed E-state index contributed by atoms with van der Waals surface area (Å²) in [5.74, 6) is 0. The quantitative estimate of drug-likeness (QED) is 0.611. The number of benzene rings is 2. The highest BCUT2D eigenvalue weighted by Crippen LogP contribution is 2.19. The molecule has 5 heteroatoms. The largest absolute Gasteiger partial charge is 0.331 e. The normalized spacial score (nSPS) is 16.8. The molecule has 2 aromatic carbocycles. The van der Waals surface area contributed by atoms with Crippen molar-refractivity contribution in [2.24, 2.45) is 0 Å². The molecule has 1 unspecified atom stereocenters. The van der Waals surface area contributed by atoms with Crippen molar-refractivity contribution < 1.29 is 9.69 Å². The number of nitrogens with one attached hydrogen (secondary N) is 3. The molecule has 4 rings (SSSR count). The van der Waals surface area contributed by atoms with Gasteiger partial charge in [0.15, 0.2) is 0 Å². The smallest absolute Gasteiger partial charge is 0.319 e. The van der Waals surface area contributed by atoms with Gasteiger partial charge in [0.05, 0.1) is 18.0 Å². The van der Waals surface area contributed by atoms with Gasteiger partial charge in [-0.2, -0.15) is 0 Å². The number of amides is 2. The van der Waals surface area contributed by atoms with Crippen LogP contribution in [0.25, 0.3) is 0 Å². The van der Waals surface area contributed by atoms with Crippen molar-refractivity contribution in [3.63, 3.8) is 0 Å². The molecule has 0 spiro atoms. The van der Waals surface area contributed by atoms with Gasteiger partial charge in [-0.05, 0) is 41.6 Å². The molecular formula is C23H26N3OS+. The number of fused-ring (bicyclic) bond motifs is 1. The first-order chi connectivity index (χ1) is 13.7. The van der Waals surface area contributed by atoms with E-state index < -0.39 is 0 Å². The van der Waals surface area contributed by atoms with E-state index in [0.717, 1.165) is 30.8 Å². The number of rotatable bonds is 5. The number of carbonyl (C=O) groups excluding carboxylic acids is 1. The fourth-order valence-corrected chi connectivity index (χ4v) is 4.81. The molecule has 4 nitrogen and oxygen atoms in total. The second kappa shape index (κ2) is 8.59. The maximum atomic E-state index is 12.5. The summed E-state index contributed by atoms with van der Waals surface area (Å²) in [5, 5.41) is 8.16. The number of thiophene rings is 1. The first kappa shape index (κ1) is 18.7. The van der Waals surface area contributed by atoms with E-state index in [2.05, 4.69) is 52.4 Å². The highest BCUT2D eigenvalue weighted by Gasteiger charge is 2.29. The lowest BCUT2D eigenvalue weighted by atomic mass is 9.98. The highest BCUT2D eigenvalue weighted by atomic mass is 32.1. The Morgan fingerprint density at radius 2 is 1.96 bits per heavy atom. The SMILES string of the molecule is Cc1cccc(NC(=O)NC[C@@H](c2cccs2)[NH+]2CCc3ccccc3C2)c1. The van der Waals surface area contributed by atoms with E-state index in [-0.39, 0.29) is 12.1 Å². The van der Waals surface area contributed by atoms with Gasteiger partial charge in [0.2, 0.25) is 0 Å². The number of quaternary nitrogens is 1. The molecule has 2 heterocycles. The van der Waals surface area contributed by atoms with Gasteiger partial charge in [0, 0.05) is 17.7 Å². The minimum Gasteiger partial charge on any atom is -0.331 e. The summed E-state index contributed by atoms with van der Waals surface area (Å²) in [6.45, 7) is 4.73. The molecule has 0 radical (unpaired) electrons. The van der Waals surface area contributed by atoms with Gasteiger partial charge in [0.1, 0.15) is 12.6 Å². The Kier molecular flexibility index (Phi) is 5.74. The Bertz CT molecular complexity index is 939. The van der Waals surface area contributed by atoms with Crippen LogP contribution < -0.4 is 15.5 Å². The van der Waals surface area contributed by atoms with Crippen LogP contribution in [0.1, 0.15) is 27.6 Å². The Labute approximate surface area is 170 Å². The van der Waals surface area contributed by atoms with E-state index in [0.29, 0.717) is 6.54 Å². The third-order valence-electron chi connectivity index (χ3n) is 5.37. The van der Waals surface area contributed by atoms with Crippen molar-refractivity contribution >= 4 is 23.1 Å². The summed E-state index contributed by atoms with van der Waals surface area (Å²) in [6, 6.07) is 21.0. The predicted molar refractivity (Wildman–Crippen MR) is 115 cm³/mol. The monoisotopic (exact) mass is 392 g/mol. The standard InChI is InChI=1S/C23H25N3OS/c1-17-6-4-9-20(14-17)25-23(27)24-15-21(22-10-5-13-28-22)26-12-11-18-7-2-3-8-19(18)16-26/h2-10,13-14,21H,11-12,15-16H2,1H3,(H2,24,25,27)/p+1/t21-/m0/s1. The van der Waals surface area contributed by atoms with E-state index in [1.165, 1.54) is 20.9 Å².